The molecule has 0 radical (unpaired) electrons. The van der Waals surface area contributed by atoms with Crippen LogP contribution in [-0.4, -0.2) is 10.1 Å². The van der Waals surface area contributed by atoms with Gasteiger partial charge < -0.3 is 10.8 Å². The van der Waals surface area contributed by atoms with E-state index < -0.39 is 18.6 Å². The minimum absolute atomic E-state index is 0.0481. The average molecular weight is 213 g/mol. The van der Waals surface area contributed by atoms with Crippen molar-refractivity contribution in [3.05, 3.63) is 28.6 Å². The van der Waals surface area contributed by atoms with Crippen LogP contribution in [0.5, 0.6) is 0 Å². The number of rotatable bonds is 3. The second-order valence-corrected chi connectivity index (χ2v) is 2.80. The van der Waals surface area contributed by atoms with Gasteiger partial charge in [-0.05, 0) is 6.07 Å². The van der Waals surface area contributed by atoms with E-state index in [0.717, 1.165) is 6.07 Å². The number of aliphatic hydroxyl groups excluding tert-OH is 1. The van der Waals surface area contributed by atoms with Gasteiger partial charge in [-0.25, -0.2) is 8.78 Å². The molecule has 0 aromatic carbocycles. The van der Waals surface area contributed by atoms with Crippen LogP contribution in [0.25, 0.3) is 0 Å². The van der Waals surface area contributed by atoms with E-state index >= 15 is 0 Å². The third-order valence-corrected chi connectivity index (χ3v) is 1.88. The Labute approximate surface area is 85.0 Å². The molecule has 80 valence electrons. The summed E-state index contributed by atoms with van der Waals surface area (Å²) in [5, 5.41) is 17.5. The SMILES string of the molecule is N#Cc1cc(CO)nc(CN)c1C(F)F. The van der Waals surface area contributed by atoms with Crippen LogP contribution in [0, 0.1) is 11.3 Å². The van der Waals surface area contributed by atoms with Crippen LogP contribution in [0.2, 0.25) is 0 Å². The number of nitrogens with two attached hydrogens (primary N) is 1. The first-order valence-electron chi connectivity index (χ1n) is 4.15. The molecule has 0 spiro atoms. The minimum Gasteiger partial charge on any atom is -0.390 e. The van der Waals surface area contributed by atoms with Crippen LogP contribution in [0.1, 0.15) is 28.9 Å². The third-order valence-electron chi connectivity index (χ3n) is 1.88. The number of pyridine rings is 1. The van der Waals surface area contributed by atoms with Crippen molar-refractivity contribution in [2.45, 2.75) is 19.6 Å². The molecule has 1 aromatic rings. The predicted octanol–water partition coefficient (Wildman–Crippen LogP) is 0.842. The summed E-state index contributed by atoms with van der Waals surface area (Å²) in [6.45, 7) is -0.604. The number of alkyl halides is 2. The first-order chi connectivity index (χ1) is 7.13. The van der Waals surface area contributed by atoms with E-state index in [1.165, 1.54) is 0 Å². The van der Waals surface area contributed by atoms with Crippen LogP contribution in [0.3, 0.4) is 0 Å². The van der Waals surface area contributed by atoms with Crippen molar-refractivity contribution < 1.29 is 13.9 Å². The van der Waals surface area contributed by atoms with Gasteiger partial charge in [-0.15, -0.1) is 0 Å². The van der Waals surface area contributed by atoms with Gasteiger partial charge in [-0.2, -0.15) is 5.26 Å². The molecule has 0 amide bonds. The van der Waals surface area contributed by atoms with E-state index in [0.29, 0.717) is 0 Å². The van der Waals surface area contributed by atoms with Crippen molar-refractivity contribution in [3.63, 3.8) is 0 Å². The molecule has 0 aliphatic rings. The van der Waals surface area contributed by atoms with E-state index in [4.69, 9.17) is 16.1 Å². The second kappa shape index (κ2) is 4.77. The van der Waals surface area contributed by atoms with E-state index in [-0.39, 0.29) is 23.5 Å². The Morgan fingerprint density at radius 2 is 2.27 bits per heavy atom. The lowest BCUT2D eigenvalue weighted by atomic mass is 10.1. The summed E-state index contributed by atoms with van der Waals surface area (Å²) in [6, 6.07) is 2.78. The summed E-state index contributed by atoms with van der Waals surface area (Å²) < 4.78 is 25.2. The summed E-state index contributed by atoms with van der Waals surface area (Å²) >= 11 is 0. The highest BCUT2D eigenvalue weighted by molar-refractivity contribution is 5.42. The predicted molar refractivity (Wildman–Crippen MR) is 47.7 cm³/mol. The van der Waals surface area contributed by atoms with Gasteiger partial charge in [0.15, 0.2) is 0 Å². The molecule has 15 heavy (non-hydrogen) atoms. The first-order valence-corrected chi connectivity index (χ1v) is 4.15. The topological polar surface area (TPSA) is 82.9 Å². The molecular formula is C9H9F2N3O. The fraction of sp³-hybridized carbons (Fsp3) is 0.333. The quantitative estimate of drug-likeness (QED) is 0.779. The highest BCUT2D eigenvalue weighted by Gasteiger charge is 2.19. The Bertz CT molecular complexity index is 401. The molecule has 0 atom stereocenters. The van der Waals surface area contributed by atoms with Gasteiger partial charge in [0.2, 0.25) is 0 Å². The summed E-state index contributed by atoms with van der Waals surface area (Å²) in [5.41, 5.74) is 4.73. The Morgan fingerprint density at radius 1 is 1.60 bits per heavy atom. The van der Waals surface area contributed by atoms with Crippen LogP contribution >= 0.6 is 0 Å². The van der Waals surface area contributed by atoms with Gasteiger partial charge in [-0.3, -0.25) is 4.98 Å². The monoisotopic (exact) mass is 213 g/mol. The smallest absolute Gasteiger partial charge is 0.266 e. The third kappa shape index (κ3) is 2.26. The number of nitrogens with zero attached hydrogens (tertiary/aromatic N) is 2. The first kappa shape index (κ1) is 11.5. The molecule has 0 aliphatic carbocycles. The van der Waals surface area contributed by atoms with E-state index in [1.807, 2.05) is 0 Å². The van der Waals surface area contributed by atoms with Crippen LogP contribution in [0.4, 0.5) is 8.78 Å². The zero-order chi connectivity index (χ0) is 11.4. The summed E-state index contributed by atoms with van der Waals surface area (Å²) in [5.74, 6) is 0. The lowest BCUT2D eigenvalue weighted by Gasteiger charge is -2.09. The second-order valence-electron chi connectivity index (χ2n) is 2.80. The number of hydrogen-bond donors (Lipinski definition) is 2. The zero-order valence-corrected chi connectivity index (χ0v) is 7.74. The molecule has 3 N–H and O–H groups in total. The normalized spacial score (nSPS) is 10.4. The molecule has 0 saturated heterocycles. The van der Waals surface area contributed by atoms with Crippen molar-refractivity contribution >= 4 is 0 Å². The van der Waals surface area contributed by atoms with Gasteiger partial charge in [-0.1, -0.05) is 0 Å². The molecule has 1 rings (SSSR count). The van der Waals surface area contributed by atoms with Crippen LogP contribution in [0.15, 0.2) is 6.07 Å². The number of aromatic nitrogens is 1. The standard InChI is InChI=1S/C9H9F2N3O/c10-9(11)8-5(2-12)1-6(4-15)14-7(8)3-13/h1,9,15H,3-4,13H2. The van der Waals surface area contributed by atoms with Crippen molar-refractivity contribution in [1.82, 2.24) is 4.98 Å². The maximum Gasteiger partial charge on any atom is 0.266 e. The Hall–Kier alpha value is -1.58. The number of halogens is 2. The molecule has 0 aliphatic heterocycles. The van der Waals surface area contributed by atoms with Crippen LogP contribution in [-0.2, 0) is 13.2 Å². The number of aliphatic hydroxyl groups is 1. The van der Waals surface area contributed by atoms with Gasteiger partial charge in [0.25, 0.3) is 6.43 Å². The van der Waals surface area contributed by atoms with Crippen molar-refractivity contribution in [2.24, 2.45) is 5.73 Å². The Kier molecular flexibility index (Phi) is 3.66. The molecule has 0 fully saturated rings. The van der Waals surface area contributed by atoms with Crippen LogP contribution < -0.4 is 5.73 Å². The number of nitriles is 1. The largest absolute Gasteiger partial charge is 0.390 e. The minimum atomic E-state index is -2.79. The molecule has 0 saturated carbocycles. The van der Waals surface area contributed by atoms with E-state index in [1.54, 1.807) is 6.07 Å². The highest BCUT2D eigenvalue weighted by atomic mass is 19.3. The van der Waals surface area contributed by atoms with Gasteiger partial charge >= 0.3 is 0 Å². The van der Waals surface area contributed by atoms with E-state index in [2.05, 4.69) is 4.98 Å². The highest BCUT2D eigenvalue weighted by Crippen LogP contribution is 2.25. The molecule has 1 heterocycles. The van der Waals surface area contributed by atoms with Gasteiger partial charge in [0.05, 0.1) is 35.2 Å². The summed E-state index contributed by atoms with van der Waals surface area (Å²) in [4.78, 5) is 3.73. The van der Waals surface area contributed by atoms with Crippen molar-refractivity contribution in [1.29, 1.82) is 5.26 Å². The molecule has 0 bridgehead atoms. The maximum atomic E-state index is 12.6. The molecule has 1 aromatic heterocycles. The fourth-order valence-electron chi connectivity index (χ4n) is 1.24. The lowest BCUT2D eigenvalue weighted by Crippen LogP contribution is -2.09. The summed E-state index contributed by atoms with van der Waals surface area (Å²) in [6.07, 6.45) is -2.79. The molecule has 0 unspecified atom stereocenters. The molecular weight excluding hydrogens is 204 g/mol. The summed E-state index contributed by atoms with van der Waals surface area (Å²) in [7, 11) is 0. The van der Waals surface area contributed by atoms with Crippen molar-refractivity contribution in [2.75, 3.05) is 0 Å². The van der Waals surface area contributed by atoms with Crippen molar-refractivity contribution in [3.8, 4) is 6.07 Å². The molecule has 6 heteroatoms. The van der Waals surface area contributed by atoms with Gasteiger partial charge in [0, 0.05) is 6.54 Å². The number of hydrogen-bond acceptors (Lipinski definition) is 4. The zero-order valence-electron chi connectivity index (χ0n) is 7.74. The van der Waals surface area contributed by atoms with E-state index in [9.17, 15) is 8.78 Å². The molecule has 4 nitrogen and oxygen atoms in total. The van der Waals surface area contributed by atoms with Gasteiger partial charge in [0.1, 0.15) is 0 Å². The fourth-order valence-corrected chi connectivity index (χ4v) is 1.24. The maximum absolute atomic E-state index is 12.6. The Balaban J connectivity index is 3.41. The lowest BCUT2D eigenvalue weighted by molar-refractivity contribution is 0.149. The average Bonchev–Trinajstić information content (AvgIpc) is 2.26. The Morgan fingerprint density at radius 3 is 2.67 bits per heavy atom.